The van der Waals surface area contributed by atoms with E-state index in [1.54, 1.807) is 37.6 Å². The Hall–Kier alpha value is -3.67. The molecule has 0 aliphatic carbocycles. The number of hydrogen-bond donors (Lipinski definition) is 2. The average molecular weight is 389 g/mol. The van der Waals surface area contributed by atoms with Crippen LogP contribution in [-0.4, -0.2) is 25.1 Å². The fourth-order valence-corrected chi connectivity index (χ4v) is 2.80. The van der Waals surface area contributed by atoms with Crippen LogP contribution in [0.25, 0.3) is 10.8 Å². The maximum absolute atomic E-state index is 12.4. The molecule has 0 aromatic heterocycles. The molecule has 0 spiro atoms. The van der Waals surface area contributed by atoms with Gasteiger partial charge in [-0.05, 0) is 41.1 Å². The summed E-state index contributed by atoms with van der Waals surface area (Å²) >= 11 is 0. The first-order valence-electron chi connectivity index (χ1n) is 9.29. The van der Waals surface area contributed by atoms with Gasteiger partial charge in [0.25, 0.3) is 5.91 Å². The predicted molar refractivity (Wildman–Crippen MR) is 115 cm³/mol. The molecule has 0 unspecified atom stereocenters. The first kappa shape index (κ1) is 20.1. The highest BCUT2D eigenvalue weighted by molar-refractivity contribution is 6.03. The van der Waals surface area contributed by atoms with Crippen molar-refractivity contribution >= 4 is 34.5 Å². The molecule has 0 saturated heterocycles. The number of carbonyl (C=O) groups is 2. The normalized spacial score (nSPS) is 11.0. The number of fused-ring (bicyclic) bond motifs is 1. The Morgan fingerprint density at radius 3 is 2.41 bits per heavy atom. The zero-order valence-corrected chi connectivity index (χ0v) is 16.6. The molecule has 0 fully saturated rings. The second-order valence-electron chi connectivity index (χ2n) is 6.82. The molecule has 0 radical (unpaired) electrons. The van der Waals surface area contributed by atoms with Crippen LogP contribution in [0.5, 0.6) is 5.75 Å². The van der Waals surface area contributed by atoms with E-state index in [0.29, 0.717) is 17.0 Å². The van der Waals surface area contributed by atoms with Crippen LogP contribution >= 0.6 is 0 Å². The molecular weight excluding hydrogens is 366 g/mol. The topological polar surface area (TPSA) is 79.8 Å². The first-order valence-corrected chi connectivity index (χ1v) is 9.29. The lowest BCUT2D eigenvalue weighted by molar-refractivity contribution is -0.118. The van der Waals surface area contributed by atoms with E-state index in [1.165, 1.54) is 0 Å². The summed E-state index contributed by atoms with van der Waals surface area (Å²) in [7, 11) is 1.60. The van der Waals surface area contributed by atoms with Gasteiger partial charge in [-0.1, -0.05) is 44.2 Å². The highest BCUT2D eigenvalue weighted by Gasteiger charge is 2.09. The summed E-state index contributed by atoms with van der Waals surface area (Å²) in [5, 5.41) is 8.92. The summed E-state index contributed by atoms with van der Waals surface area (Å²) in [6.45, 7) is 3.64. The number of anilines is 1. The van der Waals surface area contributed by atoms with Crippen LogP contribution in [0.3, 0.4) is 0 Å². The summed E-state index contributed by atoms with van der Waals surface area (Å²) < 4.78 is 5.42. The fourth-order valence-electron chi connectivity index (χ4n) is 2.80. The Morgan fingerprint density at radius 1 is 1.00 bits per heavy atom. The summed E-state index contributed by atoms with van der Waals surface area (Å²) in [6.07, 6.45) is 1.58. The van der Waals surface area contributed by atoms with Crippen molar-refractivity contribution in [3.8, 4) is 5.75 Å². The third kappa shape index (κ3) is 4.79. The van der Waals surface area contributed by atoms with Gasteiger partial charge in [0.1, 0.15) is 5.75 Å². The molecule has 0 heterocycles. The number of hydrogen-bond acceptors (Lipinski definition) is 4. The maximum Gasteiger partial charge on any atom is 0.271 e. The van der Waals surface area contributed by atoms with Crippen molar-refractivity contribution in [3.05, 3.63) is 71.8 Å². The van der Waals surface area contributed by atoms with E-state index in [2.05, 4.69) is 15.8 Å². The number of nitrogens with one attached hydrogen (secondary N) is 2. The predicted octanol–water partition coefficient (Wildman–Crippen LogP) is 4.21. The molecule has 29 heavy (non-hydrogen) atoms. The van der Waals surface area contributed by atoms with E-state index < -0.39 is 0 Å². The fraction of sp³-hybridized carbons (Fsp3) is 0.174. The van der Waals surface area contributed by atoms with Crippen LogP contribution in [-0.2, 0) is 4.79 Å². The van der Waals surface area contributed by atoms with E-state index in [4.69, 9.17) is 4.74 Å². The minimum Gasteiger partial charge on any atom is -0.496 e. The zero-order chi connectivity index (χ0) is 20.8. The van der Waals surface area contributed by atoms with Crippen molar-refractivity contribution in [2.24, 2.45) is 11.0 Å². The first-order chi connectivity index (χ1) is 14.0. The Bertz CT molecular complexity index is 1060. The van der Waals surface area contributed by atoms with E-state index in [0.717, 1.165) is 16.3 Å². The summed E-state index contributed by atoms with van der Waals surface area (Å²) in [6, 6.07) is 18.4. The van der Waals surface area contributed by atoms with Gasteiger partial charge >= 0.3 is 0 Å². The molecule has 0 bridgehead atoms. The molecular formula is C23H23N3O3. The van der Waals surface area contributed by atoms with Crippen molar-refractivity contribution in [2.75, 3.05) is 12.4 Å². The number of methoxy groups -OCH3 is 1. The van der Waals surface area contributed by atoms with Crippen LogP contribution < -0.4 is 15.5 Å². The van der Waals surface area contributed by atoms with Gasteiger partial charge in [0.15, 0.2) is 0 Å². The monoisotopic (exact) mass is 389 g/mol. The second-order valence-corrected chi connectivity index (χ2v) is 6.82. The Kier molecular flexibility index (Phi) is 6.24. The van der Waals surface area contributed by atoms with Crippen molar-refractivity contribution in [1.82, 2.24) is 5.43 Å². The van der Waals surface area contributed by atoms with Gasteiger partial charge in [-0.15, -0.1) is 0 Å². The van der Waals surface area contributed by atoms with Gasteiger partial charge in [0.2, 0.25) is 5.91 Å². The summed E-state index contributed by atoms with van der Waals surface area (Å²) in [5.41, 5.74) is 4.40. The van der Waals surface area contributed by atoms with Gasteiger partial charge in [-0.3, -0.25) is 9.59 Å². The lowest BCUT2D eigenvalue weighted by Crippen LogP contribution is -2.19. The number of benzene rings is 3. The third-order valence-electron chi connectivity index (χ3n) is 4.45. The minimum atomic E-state index is -0.345. The van der Waals surface area contributed by atoms with Gasteiger partial charge in [0, 0.05) is 22.7 Å². The van der Waals surface area contributed by atoms with Crippen LogP contribution in [0.1, 0.15) is 29.8 Å². The molecule has 0 aliphatic heterocycles. The largest absolute Gasteiger partial charge is 0.496 e. The molecule has 148 valence electrons. The number of nitrogens with zero attached hydrogens (tertiary/aromatic N) is 1. The second kappa shape index (κ2) is 9.01. The highest BCUT2D eigenvalue weighted by atomic mass is 16.5. The average Bonchev–Trinajstić information content (AvgIpc) is 2.74. The quantitative estimate of drug-likeness (QED) is 0.490. The van der Waals surface area contributed by atoms with Crippen molar-refractivity contribution in [2.45, 2.75) is 13.8 Å². The lowest BCUT2D eigenvalue weighted by Gasteiger charge is -2.09. The zero-order valence-electron chi connectivity index (χ0n) is 16.6. The Morgan fingerprint density at radius 2 is 1.72 bits per heavy atom. The van der Waals surface area contributed by atoms with Gasteiger partial charge < -0.3 is 10.1 Å². The van der Waals surface area contributed by atoms with Crippen LogP contribution in [0.2, 0.25) is 0 Å². The molecule has 0 atom stereocenters. The number of hydrazone groups is 1. The Labute approximate surface area is 169 Å². The van der Waals surface area contributed by atoms with E-state index in [9.17, 15) is 9.59 Å². The van der Waals surface area contributed by atoms with Crippen LogP contribution in [0, 0.1) is 5.92 Å². The summed E-state index contributed by atoms with van der Waals surface area (Å²) in [4.78, 5) is 24.1. The molecule has 2 amide bonds. The number of rotatable bonds is 6. The van der Waals surface area contributed by atoms with Gasteiger partial charge in [-0.25, -0.2) is 5.43 Å². The number of carbonyl (C=O) groups excluding carboxylic acids is 2. The Balaban J connectivity index is 1.72. The molecule has 2 N–H and O–H groups in total. The molecule has 6 nitrogen and oxygen atoms in total. The number of ether oxygens (including phenoxy) is 1. The lowest BCUT2D eigenvalue weighted by atomic mass is 10.0. The smallest absolute Gasteiger partial charge is 0.271 e. The molecule has 3 aromatic carbocycles. The minimum absolute atomic E-state index is 0.0733. The van der Waals surface area contributed by atoms with Crippen LogP contribution in [0.15, 0.2) is 65.8 Å². The molecule has 0 aliphatic rings. The van der Waals surface area contributed by atoms with Crippen LogP contribution in [0.4, 0.5) is 5.69 Å². The standard InChI is InChI=1S/C23H23N3O3/c1-15(2)22(27)25-18-11-8-17(9-12-18)23(28)26-24-14-20-19-7-5-4-6-16(19)10-13-21(20)29-3/h4-15H,1-3H3,(H,25,27)(H,26,28). The van der Waals surface area contributed by atoms with E-state index >= 15 is 0 Å². The SMILES string of the molecule is COc1ccc2ccccc2c1C=NNC(=O)c1ccc(NC(=O)C(C)C)cc1. The highest BCUT2D eigenvalue weighted by Crippen LogP contribution is 2.26. The molecule has 3 aromatic rings. The third-order valence-corrected chi connectivity index (χ3v) is 4.45. The van der Waals surface area contributed by atoms with Crippen molar-refractivity contribution in [3.63, 3.8) is 0 Å². The molecule has 0 saturated carbocycles. The number of amides is 2. The van der Waals surface area contributed by atoms with Crippen molar-refractivity contribution < 1.29 is 14.3 Å². The van der Waals surface area contributed by atoms with E-state index in [1.807, 2.05) is 50.2 Å². The molecule has 3 rings (SSSR count). The van der Waals surface area contributed by atoms with Gasteiger partial charge in [0.05, 0.1) is 13.3 Å². The maximum atomic E-state index is 12.4. The van der Waals surface area contributed by atoms with Crippen molar-refractivity contribution in [1.29, 1.82) is 0 Å². The van der Waals surface area contributed by atoms with E-state index in [-0.39, 0.29) is 17.7 Å². The molecule has 6 heteroatoms. The van der Waals surface area contributed by atoms with Gasteiger partial charge in [-0.2, -0.15) is 5.10 Å². The summed E-state index contributed by atoms with van der Waals surface area (Å²) in [5.74, 6) is 0.142.